The third kappa shape index (κ3) is 3.62. The Labute approximate surface area is 163 Å². The zero-order chi connectivity index (χ0) is 20.5. The number of imidazole rings is 1. The number of halogens is 1. The number of aromatic hydroxyl groups is 1. The third-order valence-corrected chi connectivity index (χ3v) is 4.32. The standard InChI is InChI=1S/C18H19B2FN4O3/c1-10(2)16-23-3-4-25(16)17-13(7-22-9-24-17)18(19,20)28-15-6-11(21)5-14(27)12(15)8-26/h3-10,27H,19-20H2,1-2H3. The summed E-state index contributed by atoms with van der Waals surface area (Å²) in [6.07, 6.45) is 6.93. The fraction of sp³-hybridized carbons (Fsp3) is 0.222. The van der Waals surface area contributed by atoms with Crippen molar-refractivity contribution < 1.29 is 19.0 Å². The second kappa shape index (κ2) is 7.46. The lowest BCUT2D eigenvalue weighted by molar-refractivity contribution is 0.111. The van der Waals surface area contributed by atoms with Gasteiger partial charge in [0.2, 0.25) is 0 Å². The quantitative estimate of drug-likeness (QED) is 0.505. The van der Waals surface area contributed by atoms with E-state index in [9.17, 15) is 14.3 Å². The van der Waals surface area contributed by atoms with Gasteiger partial charge in [-0.1, -0.05) is 13.8 Å². The van der Waals surface area contributed by atoms with Crippen LogP contribution in [0.3, 0.4) is 0 Å². The molecule has 0 atom stereocenters. The molecular weight excluding hydrogens is 361 g/mol. The molecule has 2 heterocycles. The molecule has 0 fully saturated rings. The number of benzene rings is 1. The molecule has 0 aliphatic carbocycles. The van der Waals surface area contributed by atoms with E-state index in [2.05, 4.69) is 15.0 Å². The van der Waals surface area contributed by atoms with E-state index in [0.717, 1.165) is 18.0 Å². The minimum absolute atomic E-state index is 0.0676. The van der Waals surface area contributed by atoms with Crippen LogP contribution >= 0.6 is 0 Å². The number of nitrogens with zero attached hydrogens (tertiary/aromatic N) is 4. The van der Waals surface area contributed by atoms with Gasteiger partial charge in [0.15, 0.2) is 22.0 Å². The summed E-state index contributed by atoms with van der Waals surface area (Å²) < 4.78 is 21.6. The van der Waals surface area contributed by atoms with Crippen LogP contribution in [0.15, 0.2) is 37.1 Å². The molecule has 0 unspecified atom stereocenters. The SMILES string of the molecule is BC(B)(Oc1cc(F)cc(O)c1C=O)c1cncnc1-n1ccnc1C(C)C. The summed E-state index contributed by atoms with van der Waals surface area (Å²) in [5.74, 6) is 0.269. The van der Waals surface area contributed by atoms with Crippen molar-refractivity contribution in [1.82, 2.24) is 19.5 Å². The van der Waals surface area contributed by atoms with Gasteiger partial charge in [-0.2, -0.15) is 0 Å². The van der Waals surface area contributed by atoms with Gasteiger partial charge in [0.1, 0.15) is 35.3 Å². The second-order valence-corrected chi connectivity index (χ2v) is 7.14. The van der Waals surface area contributed by atoms with Crippen molar-refractivity contribution in [1.29, 1.82) is 0 Å². The monoisotopic (exact) mass is 380 g/mol. The molecular formula is C18H19B2FN4O3. The lowest BCUT2D eigenvalue weighted by Crippen LogP contribution is -2.36. The van der Waals surface area contributed by atoms with Crippen LogP contribution < -0.4 is 4.74 Å². The first-order valence-corrected chi connectivity index (χ1v) is 8.75. The van der Waals surface area contributed by atoms with Crippen LogP contribution in [0.5, 0.6) is 11.5 Å². The number of aldehydes is 1. The first kappa shape index (κ1) is 19.6. The van der Waals surface area contributed by atoms with Crippen LogP contribution in [0, 0.1) is 5.82 Å². The van der Waals surface area contributed by atoms with Crippen molar-refractivity contribution in [2.45, 2.75) is 25.2 Å². The highest BCUT2D eigenvalue weighted by atomic mass is 19.1. The van der Waals surface area contributed by atoms with Crippen molar-refractivity contribution in [2.75, 3.05) is 0 Å². The summed E-state index contributed by atoms with van der Waals surface area (Å²) in [6.45, 7) is 4.04. The zero-order valence-electron chi connectivity index (χ0n) is 16.0. The average Bonchev–Trinajstić information content (AvgIpc) is 3.11. The summed E-state index contributed by atoms with van der Waals surface area (Å²) in [6, 6.07) is 1.92. The van der Waals surface area contributed by atoms with Gasteiger partial charge in [0, 0.05) is 42.2 Å². The van der Waals surface area contributed by atoms with E-state index >= 15 is 0 Å². The fourth-order valence-electron chi connectivity index (χ4n) is 2.97. The maximum Gasteiger partial charge on any atom is 0.157 e. The number of phenols is 1. The Balaban J connectivity index is 2.10. The van der Waals surface area contributed by atoms with Crippen LogP contribution in [-0.4, -0.2) is 46.6 Å². The predicted octanol–water partition coefficient (Wildman–Crippen LogP) is 0.898. The molecule has 3 aromatic rings. The maximum absolute atomic E-state index is 13.8. The molecule has 1 aromatic carbocycles. The molecule has 0 radical (unpaired) electrons. The van der Waals surface area contributed by atoms with E-state index in [0.29, 0.717) is 17.7 Å². The van der Waals surface area contributed by atoms with Gasteiger partial charge in [-0.15, -0.1) is 0 Å². The Morgan fingerprint density at radius 3 is 2.75 bits per heavy atom. The summed E-state index contributed by atoms with van der Waals surface area (Å²) in [7, 11) is 3.50. The summed E-state index contributed by atoms with van der Waals surface area (Å²) in [4.78, 5) is 24.2. The van der Waals surface area contributed by atoms with E-state index in [4.69, 9.17) is 4.74 Å². The normalized spacial score (nSPS) is 11.6. The van der Waals surface area contributed by atoms with Gasteiger partial charge in [-0.25, -0.2) is 19.3 Å². The lowest BCUT2D eigenvalue weighted by Gasteiger charge is -2.30. The topological polar surface area (TPSA) is 90.1 Å². The molecule has 0 spiro atoms. The minimum atomic E-state index is -1.05. The van der Waals surface area contributed by atoms with Gasteiger partial charge >= 0.3 is 0 Å². The van der Waals surface area contributed by atoms with Crippen molar-refractivity contribution in [3.8, 4) is 17.3 Å². The first-order valence-electron chi connectivity index (χ1n) is 8.75. The molecule has 0 aliphatic heterocycles. The summed E-state index contributed by atoms with van der Waals surface area (Å²) >= 11 is 0. The van der Waals surface area contributed by atoms with E-state index in [1.807, 2.05) is 18.4 Å². The smallest absolute Gasteiger partial charge is 0.157 e. The van der Waals surface area contributed by atoms with Gasteiger partial charge in [-0.05, 0) is 0 Å². The number of aromatic nitrogens is 4. The fourth-order valence-corrected chi connectivity index (χ4v) is 2.97. The molecule has 0 saturated carbocycles. The predicted molar refractivity (Wildman–Crippen MR) is 106 cm³/mol. The number of phenolic OH excluding ortho intramolecular Hbond substituents is 1. The van der Waals surface area contributed by atoms with E-state index in [1.54, 1.807) is 34.3 Å². The Morgan fingerprint density at radius 1 is 1.32 bits per heavy atom. The van der Waals surface area contributed by atoms with Crippen molar-refractivity contribution in [3.05, 3.63) is 59.8 Å². The number of carbonyl (C=O) groups excluding carboxylic acids is 1. The van der Waals surface area contributed by atoms with Crippen molar-refractivity contribution >= 4 is 22.0 Å². The molecule has 0 bridgehead atoms. The molecule has 10 heteroatoms. The van der Waals surface area contributed by atoms with E-state index in [1.165, 1.54) is 6.33 Å². The Hall–Kier alpha value is -3.16. The molecule has 28 heavy (non-hydrogen) atoms. The zero-order valence-corrected chi connectivity index (χ0v) is 16.0. The molecule has 0 amide bonds. The first-order chi connectivity index (χ1) is 13.2. The number of hydrogen-bond donors (Lipinski definition) is 1. The largest absolute Gasteiger partial charge is 0.507 e. The highest BCUT2D eigenvalue weighted by molar-refractivity contribution is 6.39. The second-order valence-electron chi connectivity index (χ2n) is 7.14. The van der Waals surface area contributed by atoms with Crippen LogP contribution in [0.25, 0.3) is 5.82 Å². The van der Waals surface area contributed by atoms with Gasteiger partial charge < -0.3 is 9.84 Å². The molecule has 0 saturated heterocycles. The maximum atomic E-state index is 13.8. The molecule has 142 valence electrons. The molecule has 2 aromatic heterocycles. The Kier molecular flexibility index (Phi) is 5.22. The van der Waals surface area contributed by atoms with Crippen molar-refractivity contribution in [2.24, 2.45) is 0 Å². The summed E-state index contributed by atoms with van der Waals surface area (Å²) in [5.41, 5.74) is 0.480. The Bertz CT molecular complexity index is 1020. The van der Waals surface area contributed by atoms with Gasteiger partial charge in [0.25, 0.3) is 0 Å². The number of carbonyl (C=O) groups is 1. The molecule has 3 rings (SSSR count). The van der Waals surface area contributed by atoms with Gasteiger partial charge in [0.05, 0.1) is 11.0 Å². The van der Waals surface area contributed by atoms with Crippen LogP contribution in [0.4, 0.5) is 4.39 Å². The van der Waals surface area contributed by atoms with Crippen LogP contribution in [0.2, 0.25) is 0 Å². The van der Waals surface area contributed by atoms with Gasteiger partial charge in [-0.3, -0.25) is 9.36 Å². The highest BCUT2D eigenvalue weighted by Gasteiger charge is 2.30. The van der Waals surface area contributed by atoms with Crippen molar-refractivity contribution in [3.63, 3.8) is 0 Å². The van der Waals surface area contributed by atoms with Crippen LogP contribution in [0.1, 0.15) is 41.5 Å². The van der Waals surface area contributed by atoms with E-state index < -0.39 is 17.0 Å². The van der Waals surface area contributed by atoms with E-state index in [-0.39, 0.29) is 17.2 Å². The third-order valence-electron chi connectivity index (χ3n) is 4.32. The Morgan fingerprint density at radius 2 is 2.07 bits per heavy atom. The highest BCUT2D eigenvalue weighted by Crippen LogP contribution is 2.33. The molecule has 1 N–H and O–H groups in total. The number of ether oxygens (including phenoxy) is 1. The summed E-state index contributed by atoms with van der Waals surface area (Å²) in [5, 5.41) is 8.81. The molecule has 0 aliphatic rings. The minimum Gasteiger partial charge on any atom is -0.507 e. The lowest BCUT2D eigenvalue weighted by atomic mass is 9.61. The number of rotatable bonds is 6. The number of hydrogen-bond acceptors (Lipinski definition) is 6. The molecule has 7 nitrogen and oxygen atoms in total. The van der Waals surface area contributed by atoms with Crippen LogP contribution in [-0.2, 0) is 5.40 Å². The average molecular weight is 380 g/mol.